The summed E-state index contributed by atoms with van der Waals surface area (Å²) in [4.78, 5) is 38.3. The van der Waals surface area contributed by atoms with Crippen LogP contribution in [0.3, 0.4) is 0 Å². The lowest BCUT2D eigenvalue weighted by atomic mass is 10.0. The third-order valence-electron chi connectivity index (χ3n) is 14.9. The van der Waals surface area contributed by atoms with Crippen LogP contribution in [0.5, 0.6) is 0 Å². The molecular weight excluding hydrogens is 961 g/mol. The van der Waals surface area contributed by atoms with Gasteiger partial charge in [-0.1, -0.05) is 293 Å². The zero-order chi connectivity index (χ0) is 56.4. The quantitative estimate of drug-likeness (QED) is 0.0261. The molecule has 0 rings (SSSR count). The van der Waals surface area contributed by atoms with Gasteiger partial charge in [-0.2, -0.15) is 0 Å². The monoisotopic (exact) mass is 1090 g/mol. The minimum absolute atomic E-state index is 0.0773. The Balaban J connectivity index is 4.17. The van der Waals surface area contributed by atoms with Crippen molar-refractivity contribution < 1.29 is 28.6 Å². The van der Waals surface area contributed by atoms with E-state index < -0.39 is 6.10 Å². The van der Waals surface area contributed by atoms with Crippen LogP contribution >= 0.6 is 0 Å². The molecule has 0 aromatic carbocycles. The van der Waals surface area contributed by atoms with Gasteiger partial charge in [0.15, 0.2) is 6.10 Å². The Hall–Kier alpha value is -3.15. The topological polar surface area (TPSA) is 78.9 Å². The van der Waals surface area contributed by atoms with Gasteiger partial charge >= 0.3 is 17.9 Å². The third kappa shape index (κ3) is 63.7. The normalized spacial score (nSPS) is 12.5. The molecule has 0 aromatic rings. The number of hydrogen-bond acceptors (Lipinski definition) is 6. The van der Waals surface area contributed by atoms with E-state index in [4.69, 9.17) is 14.2 Å². The minimum Gasteiger partial charge on any atom is -0.462 e. The van der Waals surface area contributed by atoms with Crippen LogP contribution in [-0.4, -0.2) is 37.2 Å². The summed E-state index contributed by atoms with van der Waals surface area (Å²) in [5.74, 6) is -0.876. The number of carbonyl (C=O) groups is 3. The van der Waals surface area contributed by atoms with Gasteiger partial charge in [-0.15, -0.1) is 0 Å². The van der Waals surface area contributed by atoms with Gasteiger partial charge < -0.3 is 14.2 Å². The molecule has 452 valence electrons. The van der Waals surface area contributed by atoms with Crippen LogP contribution in [0.1, 0.15) is 348 Å². The highest BCUT2D eigenvalue weighted by atomic mass is 16.6. The van der Waals surface area contributed by atoms with Crippen LogP contribution in [0.15, 0.2) is 72.9 Å². The Morgan fingerprint density at radius 2 is 0.500 bits per heavy atom. The molecule has 0 heterocycles. The molecule has 1 atom stereocenters. The van der Waals surface area contributed by atoms with Crippen LogP contribution in [0.4, 0.5) is 0 Å². The standard InChI is InChI=1S/C72H128O6/c1-4-7-10-13-16-19-22-25-27-29-30-31-32-33-34-35-36-37-38-39-40-41-42-43-45-47-50-53-56-59-62-65-71(74)77-68-69(67-76-70(73)64-61-58-55-52-49-46-24-21-18-15-12-9-6-3)78-72(75)66-63-60-57-54-51-48-44-28-26-23-20-17-14-11-8-5-2/h7,10,16,19,21,24-25,27-28,30-31,44,69H,4-6,8-9,11-15,17-18,20,22-23,26,29,32-43,45-68H2,1-3H3/b10-7-,19-16-,24-21-,27-25-,31-30-,44-28-. The van der Waals surface area contributed by atoms with Gasteiger partial charge in [-0.3, -0.25) is 14.4 Å². The highest BCUT2D eigenvalue weighted by molar-refractivity contribution is 5.71. The van der Waals surface area contributed by atoms with Crippen LogP contribution < -0.4 is 0 Å². The summed E-state index contributed by atoms with van der Waals surface area (Å²) in [5.41, 5.74) is 0. The SMILES string of the molecule is CC/C=C\C/C=C\C/C=C\C/C=C\CCCCCCCCCCCCCCCCCCCCC(=O)OCC(COC(=O)CCCCCCC/C=C\CCCCCC)OC(=O)CCCCCCC/C=C\CCCCCCCCC. The van der Waals surface area contributed by atoms with E-state index in [2.05, 4.69) is 93.7 Å². The van der Waals surface area contributed by atoms with Crippen molar-refractivity contribution >= 4 is 17.9 Å². The molecule has 0 amide bonds. The Morgan fingerprint density at radius 3 is 0.808 bits per heavy atom. The Bertz CT molecular complexity index is 1440. The Labute approximate surface area is 484 Å². The maximum atomic E-state index is 12.9. The predicted octanol–water partition coefficient (Wildman–Crippen LogP) is 23.3. The van der Waals surface area contributed by atoms with Crippen molar-refractivity contribution in [3.63, 3.8) is 0 Å². The molecular formula is C72H128O6. The first-order valence-electron chi connectivity index (χ1n) is 33.9. The maximum Gasteiger partial charge on any atom is 0.306 e. The van der Waals surface area contributed by atoms with E-state index in [1.807, 2.05) is 0 Å². The largest absolute Gasteiger partial charge is 0.462 e. The zero-order valence-corrected chi connectivity index (χ0v) is 51.9. The Morgan fingerprint density at radius 1 is 0.269 bits per heavy atom. The molecule has 0 saturated heterocycles. The van der Waals surface area contributed by atoms with Gasteiger partial charge in [0.05, 0.1) is 0 Å². The van der Waals surface area contributed by atoms with E-state index in [9.17, 15) is 14.4 Å². The van der Waals surface area contributed by atoms with E-state index in [1.54, 1.807) is 0 Å². The van der Waals surface area contributed by atoms with Crippen LogP contribution in [0.2, 0.25) is 0 Å². The molecule has 6 nitrogen and oxygen atoms in total. The van der Waals surface area contributed by atoms with Crippen molar-refractivity contribution in [2.45, 2.75) is 354 Å². The van der Waals surface area contributed by atoms with Gasteiger partial charge in [0.2, 0.25) is 0 Å². The number of allylic oxidation sites excluding steroid dienone is 12. The lowest BCUT2D eigenvalue weighted by molar-refractivity contribution is -0.167. The van der Waals surface area contributed by atoms with Crippen molar-refractivity contribution in [1.29, 1.82) is 0 Å². The molecule has 0 aliphatic heterocycles. The van der Waals surface area contributed by atoms with Crippen molar-refractivity contribution in [3.8, 4) is 0 Å². The molecule has 0 N–H and O–H groups in total. The summed E-state index contributed by atoms with van der Waals surface area (Å²) in [6, 6.07) is 0. The molecule has 6 heteroatoms. The van der Waals surface area contributed by atoms with Gasteiger partial charge in [0.25, 0.3) is 0 Å². The fourth-order valence-corrected chi connectivity index (χ4v) is 9.84. The number of rotatable bonds is 62. The van der Waals surface area contributed by atoms with Gasteiger partial charge in [-0.25, -0.2) is 0 Å². The number of hydrogen-bond donors (Lipinski definition) is 0. The fourth-order valence-electron chi connectivity index (χ4n) is 9.84. The molecule has 0 saturated carbocycles. The Kier molecular flexibility index (Phi) is 63.7. The summed E-state index contributed by atoms with van der Waals surface area (Å²) in [5, 5.41) is 0. The molecule has 1 unspecified atom stereocenters. The molecule has 0 fully saturated rings. The zero-order valence-electron chi connectivity index (χ0n) is 51.9. The van der Waals surface area contributed by atoms with Crippen molar-refractivity contribution in [2.75, 3.05) is 13.2 Å². The van der Waals surface area contributed by atoms with Crippen LogP contribution in [-0.2, 0) is 28.6 Å². The summed E-state index contributed by atoms with van der Waals surface area (Å²) < 4.78 is 16.9. The molecule has 0 radical (unpaired) electrons. The summed E-state index contributed by atoms with van der Waals surface area (Å²) in [6.45, 7) is 6.54. The number of ether oxygens (including phenoxy) is 3. The van der Waals surface area contributed by atoms with Crippen LogP contribution in [0, 0.1) is 0 Å². The lowest BCUT2D eigenvalue weighted by Gasteiger charge is -2.18. The molecule has 78 heavy (non-hydrogen) atoms. The predicted molar refractivity (Wildman–Crippen MR) is 339 cm³/mol. The lowest BCUT2D eigenvalue weighted by Crippen LogP contribution is -2.30. The van der Waals surface area contributed by atoms with E-state index >= 15 is 0 Å². The maximum absolute atomic E-state index is 12.9. The number of carbonyl (C=O) groups excluding carboxylic acids is 3. The number of unbranched alkanes of at least 4 members (excludes halogenated alkanes) is 39. The highest BCUT2D eigenvalue weighted by Gasteiger charge is 2.19. The van der Waals surface area contributed by atoms with Crippen molar-refractivity contribution in [2.24, 2.45) is 0 Å². The minimum atomic E-state index is -0.781. The van der Waals surface area contributed by atoms with Crippen LogP contribution in [0.25, 0.3) is 0 Å². The highest BCUT2D eigenvalue weighted by Crippen LogP contribution is 2.17. The first-order valence-corrected chi connectivity index (χ1v) is 33.9. The number of esters is 3. The third-order valence-corrected chi connectivity index (χ3v) is 14.9. The molecule has 0 spiro atoms. The van der Waals surface area contributed by atoms with Gasteiger partial charge in [0.1, 0.15) is 13.2 Å². The molecule has 0 aliphatic carbocycles. The molecule has 0 aromatic heterocycles. The first kappa shape index (κ1) is 74.8. The fraction of sp³-hybridized carbons (Fsp3) is 0.792. The second-order valence-electron chi connectivity index (χ2n) is 22.7. The van der Waals surface area contributed by atoms with E-state index in [1.165, 1.54) is 212 Å². The van der Waals surface area contributed by atoms with E-state index in [-0.39, 0.29) is 31.1 Å². The molecule has 0 bridgehead atoms. The van der Waals surface area contributed by atoms with Gasteiger partial charge in [0, 0.05) is 19.3 Å². The average Bonchev–Trinajstić information content (AvgIpc) is 3.44. The van der Waals surface area contributed by atoms with Gasteiger partial charge in [-0.05, 0) is 109 Å². The molecule has 0 aliphatic rings. The van der Waals surface area contributed by atoms with E-state index in [0.717, 1.165) is 96.3 Å². The second kappa shape index (κ2) is 66.4. The van der Waals surface area contributed by atoms with Crippen molar-refractivity contribution in [3.05, 3.63) is 72.9 Å². The van der Waals surface area contributed by atoms with Crippen molar-refractivity contribution in [1.82, 2.24) is 0 Å². The summed E-state index contributed by atoms with van der Waals surface area (Å²) >= 11 is 0. The van der Waals surface area contributed by atoms with E-state index in [0.29, 0.717) is 19.3 Å². The summed E-state index contributed by atoms with van der Waals surface area (Å²) in [7, 11) is 0. The average molecular weight is 1090 g/mol. The second-order valence-corrected chi connectivity index (χ2v) is 22.7. The summed E-state index contributed by atoms with van der Waals surface area (Å²) in [6.07, 6.45) is 86.4. The smallest absolute Gasteiger partial charge is 0.306 e. The first-order chi connectivity index (χ1) is 38.5.